The van der Waals surface area contributed by atoms with Gasteiger partial charge in [0.05, 0.1) is 29.4 Å². The molecule has 10 nitrogen and oxygen atoms in total. The number of rotatable bonds is 6. The number of fused-ring (bicyclic) bond motifs is 2. The molecule has 10 heteroatoms. The molecule has 7 rings (SSSR count). The van der Waals surface area contributed by atoms with Gasteiger partial charge < -0.3 is 20.1 Å². The van der Waals surface area contributed by atoms with E-state index >= 15 is 0 Å². The van der Waals surface area contributed by atoms with Crippen molar-refractivity contribution in [2.24, 2.45) is 7.05 Å². The number of aromatic nitrogens is 6. The number of benzene rings is 1. The van der Waals surface area contributed by atoms with Gasteiger partial charge in [0, 0.05) is 68.9 Å². The smallest absolute Gasteiger partial charge is 0.228 e. The topological polar surface area (TPSA) is 108 Å². The van der Waals surface area contributed by atoms with Crippen LogP contribution in [0, 0.1) is 0 Å². The summed E-state index contributed by atoms with van der Waals surface area (Å²) in [6.07, 6.45) is 12.8. The average Bonchev–Trinajstić information content (AvgIpc) is 3.52. The van der Waals surface area contributed by atoms with Crippen LogP contribution in [-0.2, 0) is 24.7 Å². The molecule has 0 unspecified atom stereocenters. The molecule has 216 valence electrons. The molecule has 4 aromatic heterocycles. The third-order valence-electron chi connectivity index (χ3n) is 8.04. The van der Waals surface area contributed by atoms with Gasteiger partial charge in [-0.3, -0.25) is 9.78 Å². The Labute approximate surface area is 249 Å². The van der Waals surface area contributed by atoms with Crippen LogP contribution in [0.3, 0.4) is 0 Å². The average molecular weight is 572 g/mol. The second-order valence-electron chi connectivity index (χ2n) is 11.1. The highest BCUT2D eigenvalue weighted by atomic mass is 16.1. The molecule has 0 spiro atoms. The van der Waals surface area contributed by atoms with Crippen LogP contribution in [0.2, 0.25) is 0 Å². The molecule has 1 aliphatic carbocycles. The summed E-state index contributed by atoms with van der Waals surface area (Å²) in [6.45, 7) is 3.99. The van der Waals surface area contributed by atoms with Crippen LogP contribution < -0.4 is 5.32 Å². The number of carbonyl (C=O) groups excluding carboxylic acids is 1. The zero-order chi connectivity index (χ0) is 29.3. The van der Waals surface area contributed by atoms with Crippen LogP contribution in [-0.4, -0.2) is 78.7 Å². The summed E-state index contributed by atoms with van der Waals surface area (Å²) in [7, 11) is 4.06. The fourth-order valence-corrected chi connectivity index (χ4v) is 5.73. The van der Waals surface area contributed by atoms with Crippen LogP contribution in [0.25, 0.3) is 39.4 Å². The summed E-state index contributed by atoms with van der Waals surface area (Å²) in [5, 5.41) is 8.70. The zero-order valence-corrected chi connectivity index (χ0v) is 24.3. The van der Waals surface area contributed by atoms with Crippen molar-refractivity contribution < 1.29 is 4.79 Å². The highest BCUT2D eigenvalue weighted by Crippen LogP contribution is 2.33. The van der Waals surface area contributed by atoms with E-state index < -0.39 is 0 Å². The second-order valence-corrected chi connectivity index (χ2v) is 11.1. The third-order valence-corrected chi connectivity index (χ3v) is 8.04. The fraction of sp³-hybridized carbons (Fsp3) is 0.242. The second kappa shape index (κ2) is 11.3. The number of hydrogen-bond acceptors (Lipinski definition) is 7. The molecule has 0 saturated carbocycles. The first-order valence-electron chi connectivity index (χ1n) is 14.5. The lowest BCUT2D eigenvalue weighted by atomic mass is 10.1. The summed E-state index contributed by atoms with van der Waals surface area (Å²) >= 11 is 0. The number of anilines is 1. The van der Waals surface area contributed by atoms with Crippen molar-refractivity contribution in [3.8, 4) is 22.6 Å². The Morgan fingerprint density at radius 3 is 2.63 bits per heavy atom. The van der Waals surface area contributed by atoms with Crippen molar-refractivity contribution >= 4 is 28.3 Å². The summed E-state index contributed by atoms with van der Waals surface area (Å²) < 4.78 is 1.79. The maximum Gasteiger partial charge on any atom is 0.228 e. The number of allylic oxidation sites excluding steroid dienone is 3. The van der Waals surface area contributed by atoms with Gasteiger partial charge in [0.25, 0.3) is 0 Å². The number of aryl methyl sites for hydroxylation is 1. The van der Waals surface area contributed by atoms with E-state index in [1.54, 1.807) is 17.1 Å². The summed E-state index contributed by atoms with van der Waals surface area (Å²) in [6, 6.07) is 13.7. The molecule has 43 heavy (non-hydrogen) atoms. The summed E-state index contributed by atoms with van der Waals surface area (Å²) in [5.41, 5.74) is 8.05. The normalized spacial score (nSPS) is 15.3. The minimum absolute atomic E-state index is 0.0919. The number of piperazine rings is 1. The van der Waals surface area contributed by atoms with Gasteiger partial charge in [-0.1, -0.05) is 42.5 Å². The molecule has 0 radical (unpaired) electrons. The number of carbonyl (C=O) groups is 1. The molecule has 0 atom stereocenters. The molecule has 1 amide bonds. The zero-order valence-electron chi connectivity index (χ0n) is 24.3. The van der Waals surface area contributed by atoms with Gasteiger partial charge in [0.1, 0.15) is 11.4 Å². The molecule has 1 aromatic carbocycles. The Morgan fingerprint density at radius 2 is 1.79 bits per heavy atom. The van der Waals surface area contributed by atoms with Crippen molar-refractivity contribution in [3.05, 3.63) is 96.2 Å². The van der Waals surface area contributed by atoms with Crippen LogP contribution in [0.1, 0.15) is 17.0 Å². The number of aromatic amines is 1. The fourth-order valence-electron chi connectivity index (χ4n) is 5.73. The number of amides is 1. The number of likely N-dealkylation sites (N-methyl/N-ethyl adjacent to an activating group) is 1. The molecule has 2 aliphatic rings. The van der Waals surface area contributed by atoms with Crippen molar-refractivity contribution in [2.45, 2.75) is 12.8 Å². The van der Waals surface area contributed by atoms with Crippen LogP contribution in [0.5, 0.6) is 0 Å². The van der Waals surface area contributed by atoms with E-state index in [4.69, 9.17) is 15.1 Å². The van der Waals surface area contributed by atoms with Crippen molar-refractivity contribution in [1.82, 2.24) is 39.5 Å². The van der Waals surface area contributed by atoms with E-state index in [1.807, 2.05) is 49.6 Å². The monoisotopic (exact) mass is 571 g/mol. The molecule has 2 N–H and O–H groups in total. The minimum atomic E-state index is -0.0919. The summed E-state index contributed by atoms with van der Waals surface area (Å²) in [5.74, 6) is 0.635. The predicted octanol–water partition coefficient (Wildman–Crippen LogP) is 4.30. The lowest BCUT2D eigenvalue weighted by Gasteiger charge is -2.35. The van der Waals surface area contributed by atoms with E-state index in [2.05, 4.69) is 56.4 Å². The lowest BCUT2D eigenvalue weighted by molar-refractivity contribution is -0.115. The van der Waals surface area contributed by atoms with Gasteiger partial charge >= 0.3 is 0 Å². The van der Waals surface area contributed by atoms with E-state index in [1.165, 1.54) is 0 Å². The number of H-pyrrole nitrogens is 1. The number of imidazole rings is 1. The molecule has 5 heterocycles. The molecule has 0 bridgehead atoms. The Kier molecular flexibility index (Phi) is 7.04. The van der Waals surface area contributed by atoms with Crippen molar-refractivity contribution in [1.29, 1.82) is 0 Å². The Hall–Kier alpha value is -5.09. The number of nitrogens with zero attached hydrogens (tertiary/aromatic N) is 7. The molecule has 1 saturated heterocycles. The van der Waals surface area contributed by atoms with Gasteiger partial charge in [-0.25, -0.2) is 14.6 Å². The Morgan fingerprint density at radius 1 is 0.977 bits per heavy atom. The third kappa shape index (κ3) is 5.44. The van der Waals surface area contributed by atoms with Gasteiger partial charge in [-0.2, -0.15) is 5.10 Å². The molecular weight excluding hydrogens is 538 g/mol. The number of hydrogen-bond donors (Lipinski definition) is 2. The molecule has 5 aromatic rings. The van der Waals surface area contributed by atoms with E-state index in [9.17, 15) is 4.79 Å². The first kappa shape index (κ1) is 26.8. The van der Waals surface area contributed by atoms with Gasteiger partial charge in [-0.15, -0.1) is 0 Å². The Balaban J connectivity index is 1.19. The van der Waals surface area contributed by atoms with Crippen molar-refractivity contribution in [2.75, 3.05) is 38.5 Å². The highest BCUT2D eigenvalue weighted by molar-refractivity contribution is 5.94. The van der Waals surface area contributed by atoms with E-state index in [0.717, 1.165) is 88.9 Å². The maximum atomic E-state index is 12.7. The summed E-state index contributed by atoms with van der Waals surface area (Å²) in [4.78, 5) is 35.3. The van der Waals surface area contributed by atoms with Crippen molar-refractivity contribution in [3.63, 3.8) is 0 Å². The van der Waals surface area contributed by atoms with Crippen LogP contribution >= 0.6 is 0 Å². The van der Waals surface area contributed by atoms with Crippen LogP contribution in [0.15, 0.2) is 79.3 Å². The first-order valence-corrected chi connectivity index (χ1v) is 14.5. The maximum absolute atomic E-state index is 12.7. The van der Waals surface area contributed by atoms with Gasteiger partial charge in [0.15, 0.2) is 11.5 Å². The van der Waals surface area contributed by atoms with E-state index in [0.29, 0.717) is 12.1 Å². The SMILES string of the molecule is CN1CCN(C2=CC=CCc3[nH]c(-c4nn(C)c5ncc(-c6cncc(NC(=O)Cc7ccccc7)c6)cc45)nc32)CC1. The number of nitrogens with one attached hydrogen (secondary N) is 2. The molecular formula is C33H33N9O. The first-order chi connectivity index (χ1) is 21.0. The standard InChI is InChI=1S/C33H33N9O/c1-40-12-14-42(15-13-40)28-11-7-6-10-27-31(28)38-32(37-27)30-26-18-24(20-35-33(26)41(2)39-30)23-17-25(21-34-19-23)36-29(43)16-22-8-4-3-5-9-22/h3-9,11,17-21H,10,12-16H2,1-2H3,(H,36,43)(H,37,38). The molecule has 1 fully saturated rings. The van der Waals surface area contributed by atoms with Gasteiger partial charge in [0.2, 0.25) is 5.91 Å². The van der Waals surface area contributed by atoms with Gasteiger partial charge in [-0.05, 0) is 30.8 Å². The minimum Gasteiger partial charge on any atom is -0.367 e. The quantitative estimate of drug-likeness (QED) is 0.313. The number of pyridine rings is 2. The largest absolute Gasteiger partial charge is 0.367 e. The lowest BCUT2D eigenvalue weighted by Crippen LogP contribution is -2.43. The molecule has 1 aliphatic heterocycles. The Bertz CT molecular complexity index is 1860. The predicted molar refractivity (Wildman–Crippen MR) is 168 cm³/mol. The van der Waals surface area contributed by atoms with E-state index in [-0.39, 0.29) is 5.91 Å². The van der Waals surface area contributed by atoms with Crippen LogP contribution in [0.4, 0.5) is 5.69 Å². The highest BCUT2D eigenvalue weighted by Gasteiger charge is 2.25.